The quantitative estimate of drug-likeness (QED) is 0.491. The van der Waals surface area contributed by atoms with Crippen molar-refractivity contribution in [2.75, 3.05) is 0 Å². The third kappa shape index (κ3) is 0.684. The van der Waals surface area contributed by atoms with Crippen LogP contribution in [0.25, 0.3) is 10.8 Å². The molecule has 11 heavy (non-hydrogen) atoms. The van der Waals surface area contributed by atoms with E-state index in [-0.39, 0.29) is 11.2 Å². The van der Waals surface area contributed by atoms with E-state index in [1.807, 2.05) is 6.92 Å². The van der Waals surface area contributed by atoms with Crippen molar-refractivity contribution in [2.45, 2.75) is 6.92 Å². The SMILES string of the molecule is Cc1ccc(OO)c2c(=O)c12. The largest absolute Gasteiger partial charge is 0.339 e. The maximum atomic E-state index is 11.0. The van der Waals surface area contributed by atoms with Gasteiger partial charge in [0.1, 0.15) is 0 Å². The molecule has 0 saturated heterocycles. The highest BCUT2D eigenvalue weighted by atomic mass is 17.1. The Morgan fingerprint density at radius 2 is 2.09 bits per heavy atom. The number of benzene rings is 1. The summed E-state index contributed by atoms with van der Waals surface area (Å²) in [4.78, 5) is 15.0. The molecule has 0 aliphatic heterocycles. The molecule has 1 N–H and O–H groups in total. The normalized spacial score (nSPS) is 11.1. The first-order chi connectivity index (χ1) is 5.25. The summed E-state index contributed by atoms with van der Waals surface area (Å²) < 4.78 is 0. The van der Waals surface area contributed by atoms with E-state index in [1.165, 1.54) is 0 Å². The van der Waals surface area contributed by atoms with Crippen LogP contribution in [0.4, 0.5) is 0 Å². The van der Waals surface area contributed by atoms with Gasteiger partial charge in [-0.3, -0.25) is 4.79 Å². The number of hydrogen-bond donors (Lipinski definition) is 1. The molecule has 0 bridgehead atoms. The van der Waals surface area contributed by atoms with Crippen LogP contribution in [0.5, 0.6) is 5.75 Å². The zero-order valence-electron chi connectivity index (χ0n) is 5.92. The molecule has 0 unspecified atom stereocenters. The van der Waals surface area contributed by atoms with Gasteiger partial charge in [0, 0.05) is 5.39 Å². The lowest BCUT2D eigenvalue weighted by Gasteiger charge is -1.92. The second-order valence-electron chi connectivity index (χ2n) is 2.55. The summed E-state index contributed by atoms with van der Waals surface area (Å²) in [7, 11) is 0. The second kappa shape index (κ2) is 1.83. The van der Waals surface area contributed by atoms with Gasteiger partial charge in [0.15, 0.2) is 11.2 Å². The van der Waals surface area contributed by atoms with Crippen molar-refractivity contribution in [3.63, 3.8) is 0 Å². The Balaban J connectivity index is 2.78. The monoisotopic (exact) mass is 150 g/mol. The zero-order chi connectivity index (χ0) is 8.01. The molecule has 0 fully saturated rings. The van der Waals surface area contributed by atoms with Gasteiger partial charge in [-0.1, -0.05) is 6.07 Å². The van der Waals surface area contributed by atoms with Gasteiger partial charge in [-0.15, -0.1) is 0 Å². The molecule has 2 aromatic rings. The summed E-state index contributed by atoms with van der Waals surface area (Å²) >= 11 is 0. The van der Waals surface area contributed by atoms with Gasteiger partial charge in [0.2, 0.25) is 0 Å². The Morgan fingerprint density at radius 3 is 2.73 bits per heavy atom. The number of aryl methyl sites for hydroxylation is 1. The molecule has 0 aliphatic carbocycles. The van der Waals surface area contributed by atoms with Crippen molar-refractivity contribution in [3.05, 3.63) is 27.9 Å². The lowest BCUT2D eigenvalue weighted by atomic mass is 10.2. The average molecular weight is 150 g/mol. The van der Waals surface area contributed by atoms with Gasteiger partial charge in [-0.2, -0.15) is 0 Å². The van der Waals surface area contributed by atoms with Crippen LogP contribution in [0.3, 0.4) is 0 Å². The standard InChI is InChI=1S/C8H6O3/c1-4-2-3-5(11-10)7-6(4)8(7)9/h2-3,10H,1H3. The summed E-state index contributed by atoms with van der Waals surface area (Å²) in [6.07, 6.45) is 0. The van der Waals surface area contributed by atoms with E-state index in [1.54, 1.807) is 12.1 Å². The van der Waals surface area contributed by atoms with E-state index in [0.717, 1.165) is 5.56 Å². The summed E-state index contributed by atoms with van der Waals surface area (Å²) in [6.45, 7) is 1.85. The second-order valence-corrected chi connectivity index (χ2v) is 2.55. The minimum Gasteiger partial charge on any atom is -0.339 e. The Bertz CT molecular complexity index is 421. The minimum atomic E-state index is -0.0171. The van der Waals surface area contributed by atoms with Crippen molar-refractivity contribution < 1.29 is 10.1 Å². The van der Waals surface area contributed by atoms with Crippen LogP contribution >= 0.6 is 0 Å². The molecule has 2 rings (SSSR count). The van der Waals surface area contributed by atoms with Crippen molar-refractivity contribution in [2.24, 2.45) is 0 Å². The third-order valence-electron chi connectivity index (χ3n) is 1.87. The van der Waals surface area contributed by atoms with Gasteiger partial charge < -0.3 is 4.89 Å². The van der Waals surface area contributed by atoms with Crippen molar-refractivity contribution in [3.8, 4) is 5.75 Å². The van der Waals surface area contributed by atoms with Gasteiger partial charge in [0.25, 0.3) is 0 Å². The Morgan fingerprint density at radius 1 is 1.36 bits per heavy atom. The maximum Gasteiger partial charge on any atom is 0.198 e. The lowest BCUT2D eigenvalue weighted by Crippen LogP contribution is -1.81. The van der Waals surface area contributed by atoms with Gasteiger partial charge in [-0.25, -0.2) is 5.26 Å². The lowest BCUT2D eigenvalue weighted by molar-refractivity contribution is -0.136. The summed E-state index contributed by atoms with van der Waals surface area (Å²) in [5.41, 5.74) is 0.919. The van der Waals surface area contributed by atoms with E-state index in [9.17, 15) is 4.79 Å². The van der Waals surface area contributed by atoms with Crippen LogP contribution in [0.15, 0.2) is 16.9 Å². The fourth-order valence-corrected chi connectivity index (χ4v) is 1.23. The summed E-state index contributed by atoms with van der Waals surface area (Å²) in [5, 5.41) is 9.52. The van der Waals surface area contributed by atoms with Crippen LogP contribution in [-0.2, 0) is 0 Å². The van der Waals surface area contributed by atoms with Crippen molar-refractivity contribution in [1.82, 2.24) is 0 Å². The van der Waals surface area contributed by atoms with Crippen LogP contribution in [0, 0.1) is 6.92 Å². The molecule has 56 valence electrons. The Hall–Kier alpha value is -1.35. The minimum absolute atomic E-state index is 0.0171. The predicted octanol–water partition coefficient (Wildman–Crippen LogP) is 1.24. The topological polar surface area (TPSA) is 46.5 Å². The summed E-state index contributed by atoms with van der Waals surface area (Å²) in [6, 6.07) is 3.33. The highest BCUT2D eigenvalue weighted by Crippen LogP contribution is 2.29. The van der Waals surface area contributed by atoms with Gasteiger partial charge in [0.05, 0.1) is 5.39 Å². The molecule has 0 saturated carbocycles. The van der Waals surface area contributed by atoms with E-state index in [2.05, 4.69) is 4.89 Å². The Kier molecular flexibility index (Phi) is 1.06. The Labute approximate surface area is 62.4 Å². The van der Waals surface area contributed by atoms with Crippen molar-refractivity contribution in [1.29, 1.82) is 0 Å². The smallest absolute Gasteiger partial charge is 0.198 e. The highest BCUT2D eigenvalue weighted by Gasteiger charge is 2.20. The van der Waals surface area contributed by atoms with Crippen LogP contribution < -0.4 is 10.3 Å². The molecule has 0 aromatic heterocycles. The molecule has 3 nitrogen and oxygen atoms in total. The number of hydrogen-bond acceptors (Lipinski definition) is 3. The molecule has 3 heteroatoms. The molecule has 2 aromatic carbocycles. The van der Waals surface area contributed by atoms with Gasteiger partial charge >= 0.3 is 0 Å². The van der Waals surface area contributed by atoms with Crippen LogP contribution in [0.1, 0.15) is 5.56 Å². The fourth-order valence-electron chi connectivity index (χ4n) is 1.23. The number of fused-ring (bicyclic) bond motifs is 1. The van der Waals surface area contributed by atoms with Gasteiger partial charge in [-0.05, 0) is 18.6 Å². The molecular formula is C8H6O3. The van der Waals surface area contributed by atoms with Crippen molar-refractivity contribution >= 4 is 10.8 Å². The highest BCUT2D eigenvalue weighted by molar-refractivity contribution is 6.04. The first kappa shape index (κ1) is 6.37. The van der Waals surface area contributed by atoms with E-state index in [0.29, 0.717) is 10.8 Å². The van der Waals surface area contributed by atoms with E-state index < -0.39 is 0 Å². The first-order valence-corrected chi connectivity index (χ1v) is 3.25. The molecule has 0 radical (unpaired) electrons. The average Bonchev–Trinajstić information content (AvgIpc) is 2.65. The summed E-state index contributed by atoms with van der Waals surface area (Å²) in [5.74, 6) is 0.260. The third-order valence-corrected chi connectivity index (χ3v) is 1.87. The molecule has 0 aliphatic rings. The maximum absolute atomic E-state index is 11.0. The molecule has 0 atom stereocenters. The predicted molar refractivity (Wildman–Crippen MR) is 40.6 cm³/mol. The molecule has 0 amide bonds. The first-order valence-electron chi connectivity index (χ1n) is 3.25. The van der Waals surface area contributed by atoms with Crippen LogP contribution in [-0.4, -0.2) is 5.26 Å². The zero-order valence-corrected chi connectivity index (χ0v) is 5.92. The number of rotatable bonds is 1. The van der Waals surface area contributed by atoms with Crippen LogP contribution in [0.2, 0.25) is 0 Å². The molecule has 0 heterocycles. The van der Waals surface area contributed by atoms with E-state index >= 15 is 0 Å². The van der Waals surface area contributed by atoms with E-state index in [4.69, 9.17) is 5.26 Å². The fraction of sp³-hybridized carbons (Fsp3) is 0.125. The molecule has 0 spiro atoms. The molecular weight excluding hydrogens is 144 g/mol.